The second-order valence-corrected chi connectivity index (χ2v) is 4.14. The average molecular weight is 217 g/mol. The molecule has 0 radical (unpaired) electrons. The topological polar surface area (TPSA) is 50.9 Å². The number of hydrogen-bond donors (Lipinski definition) is 1. The fourth-order valence-electron chi connectivity index (χ4n) is 1.56. The Hall–Kier alpha value is -1.84. The largest absolute Gasteiger partial charge is 0.506 e. The Kier molecular flexibility index (Phi) is 2.64. The van der Waals surface area contributed by atoms with Crippen molar-refractivity contribution in [3.63, 3.8) is 0 Å². The van der Waals surface area contributed by atoms with E-state index in [0.29, 0.717) is 17.4 Å². The van der Waals surface area contributed by atoms with Crippen LogP contribution in [0.3, 0.4) is 0 Å². The van der Waals surface area contributed by atoms with E-state index < -0.39 is 0 Å². The van der Waals surface area contributed by atoms with Crippen molar-refractivity contribution >= 4 is 0 Å². The van der Waals surface area contributed by atoms with Gasteiger partial charge in [0.1, 0.15) is 23.6 Å². The van der Waals surface area contributed by atoms with Crippen molar-refractivity contribution in [2.45, 2.75) is 26.7 Å². The average Bonchev–Trinajstić information content (AvgIpc) is 2.64. The van der Waals surface area contributed by atoms with E-state index in [1.54, 1.807) is 17.1 Å². The van der Waals surface area contributed by atoms with E-state index in [1.165, 1.54) is 0 Å². The summed E-state index contributed by atoms with van der Waals surface area (Å²) in [6.45, 7) is 6.00. The molecule has 1 aromatic carbocycles. The Morgan fingerprint density at radius 2 is 2.06 bits per heavy atom. The highest BCUT2D eigenvalue weighted by Crippen LogP contribution is 2.25. The van der Waals surface area contributed by atoms with Crippen molar-refractivity contribution < 1.29 is 5.11 Å². The molecule has 0 atom stereocenters. The molecule has 0 aliphatic heterocycles. The van der Waals surface area contributed by atoms with Gasteiger partial charge in [-0.1, -0.05) is 19.9 Å². The molecule has 0 amide bonds. The maximum absolute atomic E-state index is 9.91. The highest BCUT2D eigenvalue weighted by molar-refractivity contribution is 5.47. The fraction of sp³-hybridized carbons (Fsp3) is 0.333. The van der Waals surface area contributed by atoms with Gasteiger partial charge in [0.25, 0.3) is 0 Å². The van der Waals surface area contributed by atoms with Crippen LogP contribution in [0, 0.1) is 6.92 Å². The van der Waals surface area contributed by atoms with Crippen LogP contribution in [-0.2, 0) is 0 Å². The molecule has 0 aliphatic carbocycles. The van der Waals surface area contributed by atoms with Crippen molar-refractivity contribution in [3.05, 3.63) is 35.9 Å². The summed E-state index contributed by atoms with van der Waals surface area (Å²) in [6.07, 6.45) is 1.60. The molecule has 0 saturated carbocycles. The van der Waals surface area contributed by atoms with E-state index in [4.69, 9.17) is 0 Å². The third-order valence-corrected chi connectivity index (χ3v) is 2.52. The molecule has 2 rings (SSSR count). The van der Waals surface area contributed by atoms with Crippen LogP contribution >= 0.6 is 0 Å². The van der Waals surface area contributed by atoms with Gasteiger partial charge in [-0.3, -0.25) is 0 Å². The molecule has 1 aromatic heterocycles. The Morgan fingerprint density at radius 1 is 1.31 bits per heavy atom. The van der Waals surface area contributed by atoms with E-state index in [0.717, 1.165) is 5.56 Å². The van der Waals surface area contributed by atoms with E-state index in [1.807, 2.05) is 19.1 Å². The van der Waals surface area contributed by atoms with Gasteiger partial charge >= 0.3 is 0 Å². The molecule has 0 aliphatic rings. The van der Waals surface area contributed by atoms with Crippen LogP contribution in [0.25, 0.3) is 5.69 Å². The van der Waals surface area contributed by atoms with E-state index in [-0.39, 0.29) is 5.75 Å². The number of aryl methyl sites for hydroxylation is 1. The second kappa shape index (κ2) is 3.96. The van der Waals surface area contributed by atoms with Crippen LogP contribution in [-0.4, -0.2) is 19.9 Å². The highest BCUT2D eigenvalue weighted by atomic mass is 16.3. The summed E-state index contributed by atoms with van der Waals surface area (Å²) < 4.78 is 1.58. The standard InChI is InChI=1S/C12H15N3O/c1-8(2)10-4-5-11(12(16)6-10)15-7-13-9(3)14-15/h4-8,16H,1-3H3. The van der Waals surface area contributed by atoms with Crippen molar-refractivity contribution in [2.24, 2.45) is 0 Å². The zero-order valence-electron chi connectivity index (χ0n) is 9.68. The van der Waals surface area contributed by atoms with Gasteiger partial charge < -0.3 is 5.11 Å². The van der Waals surface area contributed by atoms with Crippen molar-refractivity contribution in [2.75, 3.05) is 0 Å². The molecule has 4 heteroatoms. The van der Waals surface area contributed by atoms with Crippen LogP contribution < -0.4 is 0 Å². The van der Waals surface area contributed by atoms with Crippen molar-refractivity contribution in [3.8, 4) is 11.4 Å². The van der Waals surface area contributed by atoms with Gasteiger partial charge in [0.15, 0.2) is 0 Å². The zero-order valence-corrected chi connectivity index (χ0v) is 9.68. The zero-order chi connectivity index (χ0) is 11.7. The maximum Gasteiger partial charge on any atom is 0.147 e. The first-order chi connectivity index (χ1) is 7.58. The number of rotatable bonds is 2. The number of aromatic hydroxyl groups is 1. The molecular weight excluding hydrogens is 202 g/mol. The first kappa shape index (κ1) is 10.7. The van der Waals surface area contributed by atoms with Gasteiger partial charge in [-0.2, -0.15) is 5.10 Å². The summed E-state index contributed by atoms with van der Waals surface area (Å²) in [5.74, 6) is 1.32. The van der Waals surface area contributed by atoms with Gasteiger partial charge in [-0.25, -0.2) is 9.67 Å². The third-order valence-electron chi connectivity index (χ3n) is 2.52. The lowest BCUT2D eigenvalue weighted by Crippen LogP contribution is -1.97. The number of benzene rings is 1. The Balaban J connectivity index is 2.44. The monoisotopic (exact) mass is 217 g/mol. The van der Waals surface area contributed by atoms with Crippen LogP contribution in [0.4, 0.5) is 0 Å². The van der Waals surface area contributed by atoms with E-state index >= 15 is 0 Å². The summed E-state index contributed by atoms with van der Waals surface area (Å²) >= 11 is 0. The van der Waals surface area contributed by atoms with E-state index in [9.17, 15) is 5.11 Å². The summed E-state index contributed by atoms with van der Waals surface area (Å²) in [7, 11) is 0. The molecule has 0 spiro atoms. The fourth-order valence-corrected chi connectivity index (χ4v) is 1.56. The van der Waals surface area contributed by atoms with E-state index in [2.05, 4.69) is 23.9 Å². The Bertz CT molecular complexity index is 503. The summed E-state index contributed by atoms with van der Waals surface area (Å²) in [5, 5.41) is 14.1. The molecule has 1 N–H and O–H groups in total. The lowest BCUT2D eigenvalue weighted by atomic mass is 10.0. The lowest BCUT2D eigenvalue weighted by molar-refractivity contribution is 0.469. The lowest BCUT2D eigenvalue weighted by Gasteiger charge is -2.09. The minimum atomic E-state index is 0.233. The summed E-state index contributed by atoms with van der Waals surface area (Å²) in [6, 6.07) is 5.63. The molecule has 2 aromatic rings. The smallest absolute Gasteiger partial charge is 0.147 e. The number of aromatic nitrogens is 3. The number of hydrogen-bond acceptors (Lipinski definition) is 3. The molecule has 0 bridgehead atoms. The van der Waals surface area contributed by atoms with Gasteiger partial charge in [0.2, 0.25) is 0 Å². The van der Waals surface area contributed by atoms with Crippen molar-refractivity contribution in [1.82, 2.24) is 14.8 Å². The Labute approximate surface area is 94.6 Å². The predicted octanol–water partition coefficient (Wildman–Crippen LogP) is 2.40. The van der Waals surface area contributed by atoms with Gasteiger partial charge in [-0.05, 0) is 30.5 Å². The first-order valence-electron chi connectivity index (χ1n) is 5.29. The number of phenolic OH excluding ortho intramolecular Hbond substituents is 1. The maximum atomic E-state index is 9.91. The highest BCUT2D eigenvalue weighted by Gasteiger charge is 2.08. The number of phenols is 1. The van der Waals surface area contributed by atoms with Crippen LogP contribution in [0.5, 0.6) is 5.75 Å². The number of nitrogens with zero attached hydrogens (tertiary/aromatic N) is 3. The van der Waals surface area contributed by atoms with Crippen LogP contribution in [0.2, 0.25) is 0 Å². The van der Waals surface area contributed by atoms with Crippen molar-refractivity contribution in [1.29, 1.82) is 0 Å². The quantitative estimate of drug-likeness (QED) is 0.840. The molecule has 0 unspecified atom stereocenters. The first-order valence-corrected chi connectivity index (χ1v) is 5.29. The molecule has 4 nitrogen and oxygen atoms in total. The van der Waals surface area contributed by atoms with Gasteiger partial charge in [-0.15, -0.1) is 0 Å². The van der Waals surface area contributed by atoms with Crippen LogP contribution in [0.1, 0.15) is 31.2 Å². The van der Waals surface area contributed by atoms with Gasteiger partial charge in [0, 0.05) is 0 Å². The SMILES string of the molecule is Cc1ncn(-c2ccc(C(C)C)cc2O)n1. The molecular formula is C12H15N3O. The Morgan fingerprint density at radius 3 is 2.56 bits per heavy atom. The summed E-state index contributed by atoms with van der Waals surface area (Å²) in [5.41, 5.74) is 1.77. The minimum Gasteiger partial charge on any atom is -0.506 e. The summed E-state index contributed by atoms with van der Waals surface area (Å²) in [4.78, 5) is 4.03. The molecule has 0 fully saturated rings. The van der Waals surface area contributed by atoms with Crippen LogP contribution in [0.15, 0.2) is 24.5 Å². The third kappa shape index (κ3) is 1.91. The minimum absolute atomic E-state index is 0.233. The second-order valence-electron chi connectivity index (χ2n) is 4.14. The molecule has 1 heterocycles. The normalized spacial score (nSPS) is 11.0. The molecule has 16 heavy (non-hydrogen) atoms. The van der Waals surface area contributed by atoms with Gasteiger partial charge in [0.05, 0.1) is 0 Å². The molecule has 84 valence electrons. The molecule has 0 saturated heterocycles. The predicted molar refractivity (Wildman–Crippen MR) is 61.8 cm³/mol.